The largest absolute Gasteiger partial charge is 0.508 e. The quantitative estimate of drug-likeness (QED) is 0.0938. The summed E-state index contributed by atoms with van der Waals surface area (Å²) < 4.78 is 23.4. The number of phenolic OH excluding ortho intramolecular Hbond substituents is 1. The van der Waals surface area contributed by atoms with Crippen LogP contribution in [0.25, 0.3) is 0 Å². The lowest BCUT2D eigenvalue weighted by molar-refractivity contribution is -0.131. The van der Waals surface area contributed by atoms with E-state index in [1.54, 1.807) is 0 Å². The first-order valence-electron chi connectivity index (χ1n) is 17.0. The highest BCUT2D eigenvalue weighted by Gasteiger charge is 2.26. The molecular formula is C33H52ClN5O7S. The molecule has 0 saturated carbocycles. The molecule has 2 aromatic carbocycles. The van der Waals surface area contributed by atoms with Gasteiger partial charge in [-0.3, -0.25) is 19.2 Å². The second-order valence-electron chi connectivity index (χ2n) is 10.8. The molecule has 0 spiro atoms. The monoisotopic (exact) mass is 700 g/mol. The van der Waals surface area contributed by atoms with Gasteiger partial charge in [-0.15, -0.1) is 12.4 Å². The van der Waals surface area contributed by atoms with Crippen molar-refractivity contribution < 1.29 is 39.0 Å². The summed E-state index contributed by atoms with van der Waals surface area (Å²) in [5.41, 5.74) is 4.43. The zero-order chi connectivity index (χ0) is 35.3. The number of rotatable bonds is 21. The maximum atomic E-state index is 13.3. The second-order valence-corrected chi connectivity index (χ2v) is 11.8. The highest BCUT2D eigenvalue weighted by atomic mass is 35.5. The maximum Gasteiger partial charge on any atom is 0.243 e. The Morgan fingerprint density at radius 2 is 1.57 bits per heavy atom. The number of aliphatic hydroxyl groups is 1. The van der Waals surface area contributed by atoms with E-state index in [1.807, 2.05) is 36.6 Å². The highest BCUT2D eigenvalue weighted by molar-refractivity contribution is 7.98. The third kappa shape index (κ3) is 16.3. The minimum atomic E-state index is -1.12. The van der Waals surface area contributed by atoms with E-state index in [1.165, 1.54) is 23.9 Å². The van der Waals surface area contributed by atoms with E-state index >= 15 is 0 Å². The Morgan fingerprint density at radius 3 is 2.19 bits per heavy atom. The van der Waals surface area contributed by atoms with Gasteiger partial charge >= 0.3 is 0 Å². The number of nitrogens with one attached hydrogen (secondary N) is 4. The molecule has 2 aromatic rings. The van der Waals surface area contributed by atoms with Gasteiger partial charge in [0.2, 0.25) is 23.6 Å². The van der Waals surface area contributed by atoms with Gasteiger partial charge in [0.15, 0.2) is 0 Å². The van der Waals surface area contributed by atoms with Gasteiger partial charge in [-0.1, -0.05) is 43.2 Å². The fraction of sp³-hybridized carbons (Fsp3) is 0.515. The Morgan fingerprint density at radius 1 is 0.915 bits per heavy atom. The number of aliphatic hydroxyl groups excluding tert-OH is 1. The zero-order valence-corrected chi connectivity index (χ0v) is 28.4. The number of halogens is 1. The van der Waals surface area contributed by atoms with Crippen LogP contribution in [0.3, 0.4) is 0 Å². The van der Waals surface area contributed by atoms with Crippen molar-refractivity contribution in [1.82, 2.24) is 21.3 Å². The van der Waals surface area contributed by atoms with Gasteiger partial charge in [0.1, 0.15) is 19.2 Å². The molecule has 0 unspecified atom stereocenters. The van der Waals surface area contributed by atoms with Gasteiger partial charge in [0.25, 0.3) is 0 Å². The smallest absolute Gasteiger partial charge is 0.243 e. The van der Waals surface area contributed by atoms with E-state index in [2.05, 4.69) is 27.0 Å². The number of nitrogens with two attached hydrogens (primary N) is 1. The van der Waals surface area contributed by atoms with Crippen LogP contribution in [0.2, 0.25) is 1.41 Å². The maximum absolute atomic E-state index is 13.3. The summed E-state index contributed by atoms with van der Waals surface area (Å²) in [4.78, 5) is 52.4. The van der Waals surface area contributed by atoms with E-state index in [4.69, 9.17) is 9.26 Å². The number of unbranched alkanes of at least 4 members (excludes halogenated alkanes) is 3. The Labute approximate surface area is 292 Å². The van der Waals surface area contributed by atoms with Gasteiger partial charge in [-0.05, 0) is 85.9 Å². The summed E-state index contributed by atoms with van der Waals surface area (Å²) in [6, 6.07) is 9.00. The van der Waals surface area contributed by atoms with Gasteiger partial charge in [0.05, 0.1) is 12.6 Å². The standard InChI is InChI=1S/C33H49N5O6S.ClH.H2O/c1-22-17-25(40)18-23(2)26(22)20-27(34)31(42)38-28(13-16-45-3)32(43)36-21-30(41)37-29(19-24-11-7-6-8-12-24)33(44)35-14-9-4-5-10-15-39;;/h6-8,11-12,17-18,27-29,39-40H,4-5,9-10,13-16,19-21,34H2,1-3H3,(H,35,44)(H,36,43)(H,37,41)(H,38,42);1H;1H2/t27-,28-,29-;;/m0../s1/i1D,2D;;/hD. The average Bonchev–Trinajstić information content (AvgIpc) is 3.09. The number of aromatic hydroxyl groups is 1. The number of carbonyl (C=O) groups is 4. The molecule has 0 heterocycles. The molecule has 0 bridgehead atoms. The van der Waals surface area contributed by atoms with Gasteiger partial charge in [0, 0.05) is 22.3 Å². The number of amides is 4. The summed E-state index contributed by atoms with van der Waals surface area (Å²) in [5, 5.41) is 29.7. The molecule has 0 saturated heterocycles. The van der Waals surface area contributed by atoms with Crippen LogP contribution in [0, 0.1) is 13.8 Å². The van der Waals surface area contributed by atoms with E-state index in [0.29, 0.717) is 35.4 Å². The van der Waals surface area contributed by atoms with Crippen LogP contribution in [-0.4, -0.2) is 89.1 Å². The van der Waals surface area contributed by atoms with Gasteiger partial charge in [-0.2, -0.15) is 11.8 Å². The van der Waals surface area contributed by atoms with Crippen molar-refractivity contribution in [3.63, 3.8) is 0 Å². The fourth-order valence-corrected chi connectivity index (χ4v) is 5.11. The van der Waals surface area contributed by atoms with E-state index in [9.17, 15) is 24.3 Å². The van der Waals surface area contributed by atoms with Crippen molar-refractivity contribution in [2.24, 2.45) is 5.73 Å². The SMILES string of the molecule is Cl.O.[2H]Cc1cc(O)cc(C[2H])c1C[C@H](N[2H])C(=O)N[C@@H](CCSC)C(=O)NCC(=O)N[C@@H](Cc1ccccc1)C(=O)NCCCCCCO. The molecule has 0 radical (unpaired) electrons. The number of aryl methyl sites for hydroxylation is 2. The third-order valence-electron chi connectivity index (χ3n) is 7.13. The topological polar surface area (TPSA) is 214 Å². The molecule has 0 aliphatic rings. The fourth-order valence-electron chi connectivity index (χ4n) is 4.64. The van der Waals surface area contributed by atoms with Crippen LogP contribution in [-0.2, 0) is 32.0 Å². The molecule has 0 aromatic heterocycles. The van der Waals surface area contributed by atoms with Crippen LogP contribution in [0.1, 0.15) is 57.1 Å². The molecule has 14 heteroatoms. The molecule has 4 amide bonds. The number of carbonyl (C=O) groups excluding carboxylic acids is 4. The Hall–Kier alpha value is -3.36. The summed E-state index contributed by atoms with van der Waals surface area (Å²) >= 11 is 1.47. The summed E-state index contributed by atoms with van der Waals surface area (Å²) in [5.74, 6) is -1.75. The van der Waals surface area contributed by atoms with Crippen LogP contribution < -0.4 is 27.0 Å². The molecule has 264 valence electrons. The number of phenols is 1. The van der Waals surface area contributed by atoms with Crippen LogP contribution >= 0.6 is 24.2 Å². The average molecular weight is 701 g/mol. The predicted octanol–water partition coefficient (Wildman–Crippen LogP) is 1.23. The first-order valence-corrected chi connectivity index (χ1v) is 16.4. The van der Waals surface area contributed by atoms with Crippen molar-refractivity contribution >= 4 is 47.8 Å². The van der Waals surface area contributed by atoms with Crippen molar-refractivity contribution in [2.45, 2.75) is 76.9 Å². The lowest BCUT2D eigenvalue weighted by Gasteiger charge is -2.22. The summed E-state index contributed by atoms with van der Waals surface area (Å²) in [6.07, 6.45) is 5.45. The van der Waals surface area contributed by atoms with Crippen LogP contribution in [0.4, 0.5) is 0 Å². The first-order chi connectivity index (χ1) is 23.2. The normalized spacial score (nSPS) is 13.2. The third-order valence-corrected chi connectivity index (χ3v) is 7.77. The lowest BCUT2D eigenvalue weighted by Crippen LogP contribution is -2.54. The molecular weight excluding hydrogens is 646 g/mol. The molecule has 12 nitrogen and oxygen atoms in total. The Bertz CT molecular complexity index is 1290. The van der Waals surface area contributed by atoms with E-state index in [-0.39, 0.29) is 69.2 Å². The Balaban J connectivity index is 0.0000120. The molecule has 0 fully saturated rings. The highest BCUT2D eigenvalue weighted by Crippen LogP contribution is 2.22. The van der Waals surface area contributed by atoms with E-state index < -0.39 is 42.4 Å². The number of thioether (sulfide) groups is 1. The van der Waals surface area contributed by atoms with Crippen molar-refractivity contribution in [3.05, 3.63) is 64.7 Å². The minimum absolute atomic E-state index is 0. The van der Waals surface area contributed by atoms with Gasteiger partial charge < -0.3 is 42.7 Å². The molecule has 2 rings (SSSR count). The predicted molar refractivity (Wildman–Crippen MR) is 189 cm³/mol. The van der Waals surface area contributed by atoms with Crippen LogP contribution in [0.15, 0.2) is 42.5 Å². The van der Waals surface area contributed by atoms with Crippen molar-refractivity contribution in [3.8, 4) is 5.75 Å². The number of hydrogen-bond donors (Lipinski definition) is 7. The summed E-state index contributed by atoms with van der Waals surface area (Å²) in [7, 11) is 0. The van der Waals surface area contributed by atoms with Crippen molar-refractivity contribution in [2.75, 3.05) is 31.7 Å². The van der Waals surface area contributed by atoms with Crippen molar-refractivity contribution in [1.29, 1.82) is 0 Å². The Kier molecular flexibility index (Phi) is 19.4. The summed E-state index contributed by atoms with van der Waals surface area (Å²) in [6.45, 7) is -0.260. The number of benzene rings is 2. The number of hydrogen-bond acceptors (Lipinski definition) is 8. The zero-order valence-electron chi connectivity index (χ0n) is 29.8. The molecule has 3 atom stereocenters. The molecule has 47 heavy (non-hydrogen) atoms. The van der Waals surface area contributed by atoms with Gasteiger partial charge in [-0.25, -0.2) is 0 Å². The van der Waals surface area contributed by atoms with E-state index in [0.717, 1.165) is 24.8 Å². The molecule has 0 aliphatic carbocycles. The second kappa shape index (κ2) is 23.9. The van der Waals surface area contributed by atoms with Crippen LogP contribution in [0.5, 0.6) is 5.75 Å². The molecule has 10 N–H and O–H groups in total. The lowest BCUT2D eigenvalue weighted by atomic mass is 9.96. The molecule has 0 aliphatic heterocycles. The minimum Gasteiger partial charge on any atom is -0.508 e. The first kappa shape index (κ1) is 38.1.